The van der Waals surface area contributed by atoms with E-state index < -0.39 is 9.93 Å². The molecule has 0 heterocycles. The minimum Gasteiger partial charge on any atom is -0.320 e. The minimum atomic E-state index is -1.74. The van der Waals surface area contributed by atoms with Crippen LogP contribution < -0.4 is 5.32 Å². The highest BCUT2D eigenvalue weighted by molar-refractivity contribution is 8.01. The molecule has 0 aliphatic heterocycles. The molecule has 0 saturated heterocycles. The van der Waals surface area contributed by atoms with Gasteiger partial charge in [0.2, 0.25) is 0 Å². The van der Waals surface area contributed by atoms with Gasteiger partial charge in [-0.3, -0.25) is 4.21 Å². The first-order valence-electron chi connectivity index (χ1n) is 3.25. The van der Waals surface area contributed by atoms with E-state index in [0.717, 1.165) is 18.7 Å². The van der Waals surface area contributed by atoms with Gasteiger partial charge in [-0.2, -0.15) is 0 Å². The topological polar surface area (TPSA) is 29.1 Å². The molecule has 0 aromatic rings. The quantitative estimate of drug-likeness (QED) is 0.433. The number of nitrogens with one attached hydrogen (secondary N) is 1. The fraction of sp³-hybridized carbons (Fsp3) is 1.00. The van der Waals surface area contributed by atoms with Crippen LogP contribution in [0.3, 0.4) is 0 Å². The van der Waals surface area contributed by atoms with Gasteiger partial charge in [0.1, 0.15) is 0 Å². The van der Waals surface area contributed by atoms with Crippen LogP contribution in [0.25, 0.3) is 0 Å². The van der Waals surface area contributed by atoms with E-state index in [1.807, 2.05) is 19.6 Å². The smallest absolute Gasteiger partial charge is 0.00197 e. The first-order valence-corrected chi connectivity index (χ1v) is 6.03. The summed E-state index contributed by atoms with van der Waals surface area (Å²) >= 11 is 0. The van der Waals surface area contributed by atoms with E-state index in [9.17, 15) is 4.21 Å². The van der Waals surface area contributed by atoms with Crippen molar-refractivity contribution in [1.82, 2.24) is 5.32 Å². The van der Waals surface area contributed by atoms with Gasteiger partial charge >= 0.3 is 0 Å². The summed E-state index contributed by atoms with van der Waals surface area (Å²) in [5.41, 5.74) is 0. The molecule has 0 aromatic carbocycles. The van der Waals surface area contributed by atoms with Crippen molar-refractivity contribution in [3.63, 3.8) is 0 Å². The van der Waals surface area contributed by atoms with Crippen molar-refractivity contribution in [2.45, 2.75) is 6.42 Å². The van der Waals surface area contributed by atoms with Crippen LogP contribution in [0.4, 0.5) is 0 Å². The molecule has 0 amide bonds. The fourth-order valence-electron chi connectivity index (χ4n) is 0.637. The van der Waals surface area contributed by atoms with Gasteiger partial charge < -0.3 is 5.32 Å². The molecule has 0 fully saturated rings. The van der Waals surface area contributed by atoms with Gasteiger partial charge in [-0.15, -0.1) is 9.93 Å². The molecule has 0 rings (SSSR count). The Bertz CT molecular complexity index is 108. The van der Waals surface area contributed by atoms with Crippen LogP contribution in [0, 0.1) is 0 Å². The SMILES string of the molecule is CNCCC[SH](C)(C)=O. The lowest BCUT2D eigenvalue weighted by Gasteiger charge is -2.09. The molecule has 3 heteroatoms. The number of hydrogen-bond acceptors (Lipinski definition) is 2. The van der Waals surface area contributed by atoms with Crippen LogP contribution in [0.5, 0.6) is 0 Å². The van der Waals surface area contributed by atoms with E-state index >= 15 is 0 Å². The van der Waals surface area contributed by atoms with Crippen molar-refractivity contribution in [3.8, 4) is 0 Å². The Hall–Kier alpha value is 0.110. The van der Waals surface area contributed by atoms with Gasteiger partial charge in [0.05, 0.1) is 0 Å². The summed E-state index contributed by atoms with van der Waals surface area (Å²) in [4.78, 5) is 0. The molecule has 0 aromatic heterocycles. The number of rotatable bonds is 4. The highest BCUT2D eigenvalue weighted by atomic mass is 32.2. The molecule has 0 saturated carbocycles. The zero-order valence-corrected chi connectivity index (χ0v) is 7.37. The number of thiol groups is 1. The predicted molar refractivity (Wildman–Crippen MR) is 44.8 cm³/mol. The summed E-state index contributed by atoms with van der Waals surface area (Å²) in [6, 6.07) is 0. The lowest BCUT2D eigenvalue weighted by Crippen LogP contribution is -2.17. The third-order valence-electron chi connectivity index (χ3n) is 1.12. The maximum absolute atomic E-state index is 11.1. The monoisotopic (exact) mass is 151 g/mol. The van der Waals surface area contributed by atoms with Crippen molar-refractivity contribution < 1.29 is 4.21 Å². The van der Waals surface area contributed by atoms with Crippen LogP contribution in [-0.2, 0) is 9.93 Å². The molecule has 0 spiro atoms. The van der Waals surface area contributed by atoms with Gasteiger partial charge in [-0.25, -0.2) is 0 Å². The average molecular weight is 151 g/mol. The zero-order chi connectivity index (χ0) is 7.33. The normalized spacial score (nSPS) is 13.7. The highest BCUT2D eigenvalue weighted by Crippen LogP contribution is 1.93. The molecule has 9 heavy (non-hydrogen) atoms. The molecular formula is C6H17NOS. The maximum atomic E-state index is 11.1. The second kappa shape index (κ2) is 4.01. The minimum absolute atomic E-state index is 0.869. The summed E-state index contributed by atoms with van der Waals surface area (Å²) in [5, 5.41) is 3.02. The molecule has 1 N–H and O–H groups in total. The first kappa shape index (κ1) is 9.11. The van der Waals surface area contributed by atoms with Crippen molar-refractivity contribution in [3.05, 3.63) is 0 Å². The van der Waals surface area contributed by atoms with Gasteiger partial charge in [-0.05, 0) is 32.5 Å². The summed E-state index contributed by atoms with van der Waals surface area (Å²) in [6.45, 7) is 0.978. The lowest BCUT2D eigenvalue weighted by molar-refractivity contribution is 0.672. The van der Waals surface area contributed by atoms with Crippen LogP contribution in [-0.4, -0.2) is 36.1 Å². The molecule has 0 atom stereocenters. The highest BCUT2D eigenvalue weighted by Gasteiger charge is 1.97. The summed E-state index contributed by atoms with van der Waals surface area (Å²) in [6.07, 6.45) is 4.70. The van der Waals surface area contributed by atoms with Crippen LogP contribution in [0.1, 0.15) is 6.42 Å². The molecular weight excluding hydrogens is 134 g/mol. The molecule has 0 bridgehead atoms. The fourth-order valence-corrected chi connectivity index (χ4v) is 1.56. The average Bonchev–Trinajstić information content (AvgIpc) is 1.63. The lowest BCUT2D eigenvalue weighted by atomic mass is 10.5. The summed E-state index contributed by atoms with van der Waals surface area (Å²) < 4.78 is 11.1. The Morgan fingerprint density at radius 3 is 2.33 bits per heavy atom. The second-order valence-corrected chi connectivity index (χ2v) is 6.35. The van der Waals surface area contributed by atoms with Gasteiger partial charge in [0, 0.05) is 5.75 Å². The first-order chi connectivity index (χ1) is 4.06. The Balaban J connectivity index is 3.18. The van der Waals surface area contributed by atoms with Gasteiger partial charge in [-0.1, -0.05) is 0 Å². The van der Waals surface area contributed by atoms with Crippen LogP contribution in [0.2, 0.25) is 0 Å². The molecule has 0 aliphatic rings. The predicted octanol–water partition coefficient (Wildman–Crippen LogP) is -0.128. The van der Waals surface area contributed by atoms with Crippen LogP contribution in [0.15, 0.2) is 0 Å². The summed E-state index contributed by atoms with van der Waals surface area (Å²) in [5.74, 6) is 0.869. The van der Waals surface area contributed by atoms with E-state index in [1.54, 1.807) is 0 Å². The number of hydrogen-bond donors (Lipinski definition) is 2. The Kier molecular flexibility index (Phi) is 4.06. The Morgan fingerprint density at radius 1 is 1.44 bits per heavy atom. The zero-order valence-electron chi connectivity index (χ0n) is 6.48. The third kappa shape index (κ3) is 8.11. The van der Waals surface area contributed by atoms with Crippen molar-refractivity contribution in [1.29, 1.82) is 0 Å². The second-order valence-electron chi connectivity index (χ2n) is 2.75. The van der Waals surface area contributed by atoms with E-state index in [2.05, 4.69) is 5.32 Å². The van der Waals surface area contributed by atoms with E-state index in [4.69, 9.17) is 0 Å². The molecule has 0 radical (unpaired) electrons. The molecule has 2 nitrogen and oxygen atoms in total. The maximum Gasteiger partial charge on any atom is 0.00197 e. The van der Waals surface area contributed by atoms with Crippen molar-refractivity contribution >= 4 is 9.93 Å². The van der Waals surface area contributed by atoms with E-state index in [1.165, 1.54) is 0 Å². The van der Waals surface area contributed by atoms with Crippen molar-refractivity contribution in [2.75, 3.05) is 31.9 Å². The van der Waals surface area contributed by atoms with Crippen molar-refractivity contribution in [2.24, 2.45) is 0 Å². The van der Waals surface area contributed by atoms with E-state index in [-0.39, 0.29) is 0 Å². The standard InChI is InChI=1S/C6H17NOS/c1-7-5-4-6-9(2,3)8/h7,9H,4-6H2,1-3H3. The third-order valence-corrected chi connectivity index (χ3v) is 2.52. The molecule has 58 valence electrons. The summed E-state index contributed by atoms with van der Waals surface area (Å²) in [7, 11) is 0.178. The van der Waals surface area contributed by atoms with Crippen LogP contribution >= 0.6 is 0 Å². The van der Waals surface area contributed by atoms with Gasteiger partial charge in [0.25, 0.3) is 0 Å². The Labute approximate surface area is 58.5 Å². The molecule has 0 unspecified atom stereocenters. The van der Waals surface area contributed by atoms with E-state index in [0.29, 0.717) is 0 Å². The van der Waals surface area contributed by atoms with Gasteiger partial charge in [0.15, 0.2) is 0 Å². The largest absolute Gasteiger partial charge is 0.320 e. The Morgan fingerprint density at radius 2 is 2.00 bits per heavy atom. The molecule has 0 aliphatic carbocycles.